The minimum absolute atomic E-state index is 0.0594. The average Bonchev–Trinajstić information content (AvgIpc) is 2.79. The summed E-state index contributed by atoms with van der Waals surface area (Å²) in [5, 5.41) is 2.94. The summed E-state index contributed by atoms with van der Waals surface area (Å²) in [6, 6.07) is 12.1. The average molecular weight is 425 g/mol. The summed E-state index contributed by atoms with van der Waals surface area (Å²) in [5.41, 5.74) is 3.61. The van der Waals surface area contributed by atoms with E-state index in [1.165, 1.54) is 29.5 Å². The predicted molar refractivity (Wildman–Crippen MR) is 128 cm³/mol. The molecule has 0 spiro atoms. The standard InChI is InChI=1S/C25H32N2O2S/c1-3-4-5-9-22(23-12-14-24(29-2)15-13-23)10-6-11-25(28)27-17-18-30-20-21-8-7-16-26-19-21/h6-8,10-16,19H,3-5,9,17-18,20H2,1-2H3,(H,27,28). The van der Waals surface area contributed by atoms with Crippen LogP contribution in [0.2, 0.25) is 0 Å². The minimum Gasteiger partial charge on any atom is -0.497 e. The van der Waals surface area contributed by atoms with Crippen LogP contribution in [0.5, 0.6) is 5.75 Å². The molecule has 160 valence electrons. The first kappa shape index (κ1) is 23.7. The number of rotatable bonds is 13. The molecule has 0 aliphatic heterocycles. The molecule has 1 heterocycles. The van der Waals surface area contributed by atoms with Gasteiger partial charge in [0.25, 0.3) is 0 Å². The van der Waals surface area contributed by atoms with E-state index < -0.39 is 0 Å². The maximum Gasteiger partial charge on any atom is 0.244 e. The number of aromatic nitrogens is 1. The first-order valence-corrected chi connectivity index (χ1v) is 11.6. The van der Waals surface area contributed by atoms with Crippen LogP contribution in [-0.4, -0.2) is 30.3 Å². The van der Waals surface area contributed by atoms with Crippen molar-refractivity contribution in [2.75, 3.05) is 19.4 Å². The van der Waals surface area contributed by atoms with Crippen LogP contribution in [-0.2, 0) is 10.5 Å². The van der Waals surface area contributed by atoms with Gasteiger partial charge in [-0.15, -0.1) is 0 Å². The van der Waals surface area contributed by atoms with Crippen LogP contribution in [0, 0.1) is 0 Å². The second-order valence-electron chi connectivity index (χ2n) is 6.94. The number of carbonyl (C=O) groups excluding carboxylic acids is 1. The molecule has 1 aromatic heterocycles. The van der Waals surface area contributed by atoms with Crippen LogP contribution in [0.4, 0.5) is 0 Å². The fourth-order valence-corrected chi connectivity index (χ4v) is 3.72. The molecule has 2 aromatic rings. The summed E-state index contributed by atoms with van der Waals surface area (Å²) in [7, 11) is 1.67. The van der Waals surface area contributed by atoms with Gasteiger partial charge in [0.05, 0.1) is 7.11 Å². The van der Waals surface area contributed by atoms with Gasteiger partial charge < -0.3 is 10.1 Å². The molecule has 2 rings (SSSR count). The Morgan fingerprint density at radius 2 is 2.03 bits per heavy atom. The molecule has 0 atom stereocenters. The van der Waals surface area contributed by atoms with Crippen molar-refractivity contribution >= 4 is 23.2 Å². The zero-order valence-corrected chi connectivity index (χ0v) is 18.8. The number of nitrogens with one attached hydrogen (secondary N) is 1. The van der Waals surface area contributed by atoms with E-state index in [0.29, 0.717) is 6.54 Å². The number of pyridine rings is 1. The lowest BCUT2D eigenvalue weighted by Gasteiger charge is -2.08. The molecule has 0 fully saturated rings. The van der Waals surface area contributed by atoms with Crippen molar-refractivity contribution in [3.63, 3.8) is 0 Å². The van der Waals surface area contributed by atoms with Gasteiger partial charge in [-0.2, -0.15) is 11.8 Å². The lowest BCUT2D eigenvalue weighted by atomic mass is 9.99. The van der Waals surface area contributed by atoms with Gasteiger partial charge in [-0.3, -0.25) is 9.78 Å². The highest BCUT2D eigenvalue weighted by Gasteiger charge is 2.02. The van der Waals surface area contributed by atoms with Gasteiger partial charge in [-0.05, 0) is 47.7 Å². The Bertz CT molecular complexity index is 802. The first-order chi connectivity index (χ1) is 14.7. The molecular weight excluding hydrogens is 392 g/mol. The Morgan fingerprint density at radius 3 is 2.73 bits per heavy atom. The zero-order valence-electron chi connectivity index (χ0n) is 18.0. The van der Waals surface area contributed by atoms with Gasteiger partial charge in [0.15, 0.2) is 0 Å². The Labute approximate surface area is 184 Å². The van der Waals surface area contributed by atoms with Crippen LogP contribution in [0.3, 0.4) is 0 Å². The summed E-state index contributed by atoms with van der Waals surface area (Å²) in [4.78, 5) is 16.2. The third-order valence-electron chi connectivity index (χ3n) is 4.59. The largest absolute Gasteiger partial charge is 0.497 e. The van der Waals surface area contributed by atoms with Gasteiger partial charge >= 0.3 is 0 Å². The smallest absolute Gasteiger partial charge is 0.244 e. The molecule has 0 saturated carbocycles. The molecule has 0 aliphatic carbocycles. The molecule has 1 amide bonds. The number of thioether (sulfide) groups is 1. The lowest BCUT2D eigenvalue weighted by Crippen LogP contribution is -2.23. The topological polar surface area (TPSA) is 51.2 Å². The number of nitrogens with zero attached hydrogens (tertiary/aromatic N) is 1. The summed E-state index contributed by atoms with van der Waals surface area (Å²) >= 11 is 1.79. The predicted octanol–water partition coefficient (Wildman–Crippen LogP) is 5.66. The molecule has 0 aliphatic rings. The van der Waals surface area contributed by atoms with E-state index in [4.69, 9.17) is 4.74 Å². The van der Waals surface area contributed by atoms with E-state index >= 15 is 0 Å². The molecule has 30 heavy (non-hydrogen) atoms. The quantitative estimate of drug-likeness (QED) is 0.256. The number of allylic oxidation sites excluding steroid dienone is 3. The fraction of sp³-hybridized carbons (Fsp3) is 0.360. The second-order valence-corrected chi connectivity index (χ2v) is 8.05. The van der Waals surface area contributed by atoms with Gasteiger partial charge in [0, 0.05) is 36.5 Å². The number of benzene rings is 1. The molecule has 0 bridgehead atoms. The maximum atomic E-state index is 12.1. The van der Waals surface area contributed by atoms with Crippen LogP contribution in [0.1, 0.15) is 43.7 Å². The van der Waals surface area contributed by atoms with Crippen molar-refractivity contribution in [3.8, 4) is 5.75 Å². The number of carbonyl (C=O) groups is 1. The highest BCUT2D eigenvalue weighted by Crippen LogP contribution is 2.23. The molecule has 0 saturated heterocycles. The van der Waals surface area contributed by atoms with Crippen molar-refractivity contribution in [2.24, 2.45) is 0 Å². The number of hydrogen-bond acceptors (Lipinski definition) is 4. The van der Waals surface area contributed by atoms with Crippen molar-refractivity contribution < 1.29 is 9.53 Å². The van der Waals surface area contributed by atoms with Gasteiger partial charge in [0.2, 0.25) is 5.91 Å². The second kappa shape index (κ2) is 14.5. The summed E-state index contributed by atoms with van der Waals surface area (Å²) < 4.78 is 5.25. The third kappa shape index (κ3) is 9.31. The van der Waals surface area contributed by atoms with Gasteiger partial charge in [-0.1, -0.05) is 50.1 Å². The third-order valence-corrected chi connectivity index (χ3v) is 5.62. The van der Waals surface area contributed by atoms with E-state index in [-0.39, 0.29) is 5.91 Å². The first-order valence-electron chi connectivity index (χ1n) is 10.5. The molecule has 1 N–H and O–H groups in total. The van der Waals surface area contributed by atoms with Crippen LogP contribution in [0.15, 0.2) is 67.0 Å². The van der Waals surface area contributed by atoms with E-state index in [0.717, 1.165) is 30.1 Å². The summed E-state index contributed by atoms with van der Waals surface area (Å²) in [5.74, 6) is 2.57. The Balaban J connectivity index is 1.80. The molecule has 5 heteroatoms. The van der Waals surface area contributed by atoms with Crippen LogP contribution < -0.4 is 10.1 Å². The molecule has 0 radical (unpaired) electrons. The van der Waals surface area contributed by atoms with E-state index in [2.05, 4.69) is 35.4 Å². The highest BCUT2D eigenvalue weighted by atomic mass is 32.2. The van der Waals surface area contributed by atoms with E-state index in [1.807, 2.05) is 36.5 Å². The van der Waals surface area contributed by atoms with Crippen molar-refractivity contribution in [2.45, 2.75) is 38.4 Å². The number of hydrogen-bond donors (Lipinski definition) is 1. The molecule has 1 aromatic carbocycles. The number of unbranched alkanes of at least 4 members (excludes halogenated alkanes) is 2. The van der Waals surface area contributed by atoms with Gasteiger partial charge in [0.1, 0.15) is 5.75 Å². The monoisotopic (exact) mass is 424 g/mol. The molecule has 0 unspecified atom stereocenters. The number of methoxy groups -OCH3 is 1. The van der Waals surface area contributed by atoms with Gasteiger partial charge in [-0.25, -0.2) is 0 Å². The number of amides is 1. The van der Waals surface area contributed by atoms with Crippen molar-refractivity contribution in [1.29, 1.82) is 0 Å². The Kier molecular flexibility index (Phi) is 11.4. The molecule has 4 nitrogen and oxygen atoms in total. The van der Waals surface area contributed by atoms with Crippen molar-refractivity contribution in [1.82, 2.24) is 10.3 Å². The SMILES string of the molecule is CCCCCC(=CC=CC(=O)NCCSCc1cccnc1)c1ccc(OC)cc1. The van der Waals surface area contributed by atoms with Crippen LogP contribution in [0.25, 0.3) is 5.57 Å². The molecular formula is C25H32N2O2S. The summed E-state index contributed by atoms with van der Waals surface area (Å²) in [6.45, 7) is 2.86. The van der Waals surface area contributed by atoms with E-state index in [1.54, 1.807) is 31.1 Å². The van der Waals surface area contributed by atoms with Crippen LogP contribution >= 0.6 is 11.8 Å². The minimum atomic E-state index is -0.0594. The van der Waals surface area contributed by atoms with Crippen molar-refractivity contribution in [3.05, 3.63) is 78.1 Å². The fourth-order valence-electron chi connectivity index (χ4n) is 2.92. The summed E-state index contributed by atoms with van der Waals surface area (Å²) in [6.07, 6.45) is 13.7. The highest BCUT2D eigenvalue weighted by molar-refractivity contribution is 7.98. The lowest BCUT2D eigenvalue weighted by molar-refractivity contribution is -0.116. The Hall–Kier alpha value is -2.53. The van der Waals surface area contributed by atoms with E-state index in [9.17, 15) is 4.79 Å². The normalized spacial score (nSPS) is 11.6. The Morgan fingerprint density at radius 1 is 1.20 bits per heavy atom. The number of ether oxygens (including phenoxy) is 1. The maximum absolute atomic E-state index is 12.1. The zero-order chi connectivity index (χ0) is 21.4.